The predicted molar refractivity (Wildman–Crippen MR) is 67.8 cm³/mol. The quantitative estimate of drug-likeness (QED) is 0.719. The van der Waals surface area contributed by atoms with Crippen molar-refractivity contribution >= 4 is 17.3 Å². The molecule has 15 heavy (non-hydrogen) atoms. The molecular weight excluding hydrogens is 204 g/mol. The van der Waals surface area contributed by atoms with Gasteiger partial charge < -0.3 is 10.6 Å². The molecule has 86 valence electrons. The van der Waals surface area contributed by atoms with Crippen LogP contribution in [0.3, 0.4) is 0 Å². The summed E-state index contributed by atoms with van der Waals surface area (Å²) in [7, 11) is 0. The molecule has 2 fully saturated rings. The number of hydrogen-bond acceptors (Lipinski definition) is 1. The van der Waals surface area contributed by atoms with E-state index in [-0.39, 0.29) is 0 Å². The Morgan fingerprint density at radius 2 is 2.13 bits per heavy atom. The zero-order valence-electron chi connectivity index (χ0n) is 9.59. The van der Waals surface area contributed by atoms with Crippen LogP contribution in [0.4, 0.5) is 0 Å². The maximum Gasteiger partial charge on any atom is 0.166 e. The highest BCUT2D eigenvalue weighted by Crippen LogP contribution is 2.47. The van der Waals surface area contributed by atoms with Crippen LogP contribution in [0.2, 0.25) is 0 Å². The summed E-state index contributed by atoms with van der Waals surface area (Å²) < 4.78 is 0. The van der Waals surface area contributed by atoms with Gasteiger partial charge in [-0.25, -0.2) is 0 Å². The maximum absolute atomic E-state index is 5.22. The van der Waals surface area contributed by atoms with E-state index in [0.717, 1.165) is 42.4 Å². The second kappa shape index (κ2) is 5.15. The summed E-state index contributed by atoms with van der Waals surface area (Å²) in [5.41, 5.74) is 0. The summed E-state index contributed by atoms with van der Waals surface area (Å²) >= 11 is 5.22. The zero-order valence-corrected chi connectivity index (χ0v) is 10.4. The third-order valence-electron chi connectivity index (χ3n) is 3.94. The van der Waals surface area contributed by atoms with E-state index in [2.05, 4.69) is 17.6 Å². The Labute approximate surface area is 98.2 Å². The van der Waals surface area contributed by atoms with Gasteiger partial charge in [-0.3, -0.25) is 0 Å². The highest BCUT2D eigenvalue weighted by atomic mass is 32.1. The number of nitrogens with one attached hydrogen (secondary N) is 2. The van der Waals surface area contributed by atoms with E-state index in [1.54, 1.807) is 0 Å². The van der Waals surface area contributed by atoms with Crippen LogP contribution in [0.25, 0.3) is 0 Å². The van der Waals surface area contributed by atoms with Crippen LogP contribution in [0.5, 0.6) is 0 Å². The van der Waals surface area contributed by atoms with E-state index < -0.39 is 0 Å². The first-order valence-electron chi connectivity index (χ1n) is 6.31. The van der Waals surface area contributed by atoms with Gasteiger partial charge >= 0.3 is 0 Å². The number of fused-ring (bicyclic) bond motifs is 2. The average Bonchev–Trinajstić information content (AvgIpc) is 2.84. The highest BCUT2D eigenvalue weighted by Gasteiger charge is 2.39. The Bertz CT molecular complexity index is 230. The summed E-state index contributed by atoms with van der Waals surface area (Å²) in [6.07, 6.45) is 7.01. The van der Waals surface area contributed by atoms with Crippen molar-refractivity contribution in [3.8, 4) is 0 Å². The molecule has 0 saturated heterocycles. The van der Waals surface area contributed by atoms with Crippen LogP contribution in [0.15, 0.2) is 0 Å². The minimum atomic E-state index is 0.847. The largest absolute Gasteiger partial charge is 0.363 e. The second-order valence-electron chi connectivity index (χ2n) is 5.07. The van der Waals surface area contributed by atoms with Gasteiger partial charge in [0, 0.05) is 13.1 Å². The third-order valence-corrected chi connectivity index (χ3v) is 4.23. The summed E-state index contributed by atoms with van der Waals surface area (Å²) in [6, 6.07) is 0. The van der Waals surface area contributed by atoms with Gasteiger partial charge in [0.05, 0.1) is 0 Å². The molecule has 3 heteroatoms. The van der Waals surface area contributed by atoms with Crippen LogP contribution < -0.4 is 10.6 Å². The Morgan fingerprint density at radius 3 is 2.73 bits per heavy atom. The first-order valence-corrected chi connectivity index (χ1v) is 6.72. The van der Waals surface area contributed by atoms with Crippen molar-refractivity contribution in [3.63, 3.8) is 0 Å². The highest BCUT2D eigenvalue weighted by molar-refractivity contribution is 7.80. The molecule has 0 spiro atoms. The van der Waals surface area contributed by atoms with Crippen molar-refractivity contribution in [1.29, 1.82) is 0 Å². The lowest BCUT2D eigenvalue weighted by Crippen LogP contribution is -2.39. The van der Waals surface area contributed by atoms with Crippen LogP contribution in [-0.2, 0) is 0 Å². The molecule has 2 aliphatic rings. The smallest absolute Gasteiger partial charge is 0.166 e. The molecule has 2 bridgehead atoms. The van der Waals surface area contributed by atoms with Gasteiger partial charge in [0.1, 0.15) is 0 Å². The van der Waals surface area contributed by atoms with Crippen LogP contribution in [-0.4, -0.2) is 18.2 Å². The number of rotatable bonds is 4. The Morgan fingerprint density at radius 1 is 1.27 bits per heavy atom. The Hall–Kier alpha value is -0.310. The standard InChI is InChI=1S/C12H22N2S/c1-2-5-13-12(15)14-8-11-7-9-3-4-10(11)6-9/h9-11H,2-8H2,1H3,(H2,13,14,15)/t9-,10+,11+/m0/s1. The van der Waals surface area contributed by atoms with Gasteiger partial charge in [-0.2, -0.15) is 0 Å². The van der Waals surface area contributed by atoms with E-state index in [0.29, 0.717) is 0 Å². The van der Waals surface area contributed by atoms with Crippen molar-refractivity contribution in [2.45, 2.75) is 39.0 Å². The fourth-order valence-electron chi connectivity index (χ4n) is 3.15. The minimum absolute atomic E-state index is 0.847. The molecule has 2 nitrogen and oxygen atoms in total. The molecule has 0 unspecified atom stereocenters. The van der Waals surface area contributed by atoms with E-state index in [1.165, 1.54) is 25.7 Å². The van der Waals surface area contributed by atoms with Crippen molar-refractivity contribution in [3.05, 3.63) is 0 Å². The predicted octanol–water partition coefficient (Wildman–Crippen LogP) is 2.30. The van der Waals surface area contributed by atoms with Crippen LogP contribution in [0.1, 0.15) is 39.0 Å². The van der Waals surface area contributed by atoms with E-state index in [4.69, 9.17) is 12.2 Å². The average molecular weight is 226 g/mol. The van der Waals surface area contributed by atoms with Gasteiger partial charge in [0.2, 0.25) is 0 Å². The Kier molecular flexibility index (Phi) is 3.84. The molecule has 0 aromatic rings. The summed E-state index contributed by atoms with van der Waals surface area (Å²) in [4.78, 5) is 0. The lowest BCUT2D eigenvalue weighted by molar-refractivity contribution is 0.332. The molecule has 2 aliphatic carbocycles. The maximum atomic E-state index is 5.22. The van der Waals surface area contributed by atoms with E-state index in [9.17, 15) is 0 Å². The van der Waals surface area contributed by atoms with Crippen LogP contribution in [0, 0.1) is 17.8 Å². The molecular formula is C12H22N2S. The SMILES string of the molecule is CCCNC(=S)NC[C@H]1C[C@H]2CC[C@@H]1C2. The van der Waals surface area contributed by atoms with E-state index >= 15 is 0 Å². The molecule has 2 N–H and O–H groups in total. The van der Waals surface area contributed by atoms with Crippen molar-refractivity contribution in [2.75, 3.05) is 13.1 Å². The van der Waals surface area contributed by atoms with Gasteiger partial charge in [-0.05, 0) is 55.7 Å². The molecule has 0 heterocycles. The van der Waals surface area contributed by atoms with Gasteiger partial charge in [0.15, 0.2) is 5.11 Å². The van der Waals surface area contributed by atoms with Gasteiger partial charge in [-0.1, -0.05) is 13.3 Å². The summed E-state index contributed by atoms with van der Waals surface area (Å²) in [6.45, 7) is 4.24. The molecule has 0 aromatic carbocycles. The van der Waals surface area contributed by atoms with Gasteiger partial charge in [-0.15, -0.1) is 0 Å². The Balaban J connectivity index is 1.64. The molecule has 3 atom stereocenters. The molecule has 0 aliphatic heterocycles. The third kappa shape index (κ3) is 2.83. The second-order valence-corrected chi connectivity index (χ2v) is 5.48. The lowest BCUT2D eigenvalue weighted by atomic mass is 9.89. The van der Waals surface area contributed by atoms with Gasteiger partial charge in [0.25, 0.3) is 0 Å². The molecule has 0 aromatic heterocycles. The normalized spacial score (nSPS) is 33.0. The first-order chi connectivity index (χ1) is 7.29. The number of thiocarbonyl (C=S) groups is 1. The van der Waals surface area contributed by atoms with Crippen LogP contribution >= 0.6 is 12.2 Å². The zero-order chi connectivity index (χ0) is 10.7. The minimum Gasteiger partial charge on any atom is -0.363 e. The van der Waals surface area contributed by atoms with E-state index in [1.807, 2.05) is 0 Å². The topological polar surface area (TPSA) is 24.1 Å². The fraction of sp³-hybridized carbons (Fsp3) is 0.917. The molecule has 2 saturated carbocycles. The monoisotopic (exact) mass is 226 g/mol. The molecule has 0 radical (unpaired) electrons. The summed E-state index contributed by atoms with van der Waals surface area (Å²) in [5, 5.41) is 7.43. The van der Waals surface area contributed by atoms with Crippen molar-refractivity contribution < 1.29 is 0 Å². The van der Waals surface area contributed by atoms with Crippen molar-refractivity contribution in [2.24, 2.45) is 17.8 Å². The fourth-order valence-corrected chi connectivity index (χ4v) is 3.34. The lowest BCUT2D eigenvalue weighted by Gasteiger charge is -2.22. The molecule has 0 amide bonds. The van der Waals surface area contributed by atoms with Crippen molar-refractivity contribution in [1.82, 2.24) is 10.6 Å². The summed E-state index contributed by atoms with van der Waals surface area (Å²) in [5.74, 6) is 2.93. The number of hydrogen-bond donors (Lipinski definition) is 2. The molecule has 2 rings (SSSR count). The first kappa shape index (κ1) is 11.2.